The Balaban J connectivity index is 1.74. The van der Waals surface area contributed by atoms with Crippen LogP contribution in [0, 0.1) is 0 Å². The van der Waals surface area contributed by atoms with E-state index >= 15 is 0 Å². The second-order valence-corrected chi connectivity index (χ2v) is 8.02. The highest BCUT2D eigenvalue weighted by atomic mass is 32.2. The Morgan fingerprint density at radius 1 is 1.11 bits per heavy atom. The van der Waals surface area contributed by atoms with Gasteiger partial charge in [-0.05, 0) is 38.8 Å². The molecule has 6 heteroatoms. The molecule has 3 aliphatic rings. The molecule has 18 heavy (non-hydrogen) atoms. The van der Waals surface area contributed by atoms with Crippen LogP contribution in [0.1, 0.15) is 25.7 Å². The zero-order chi connectivity index (χ0) is 12.8. The van der Waals surface area contributed by atoms with E-state index in [0.717, 1.165) is 25.9 Å². The van der Waals surface area contributed by atoms with Crippen molar-refractivity contribution in [3.05, 3.63) is 0 Å². The molecule has 3 rings (SSSR count). The number of sulfone groups is 1. The minimum Gasteiger partial charge on any atom is -0.390 e. The van der Waals surface area contributed by atoms with E-state index in [0.29, 0.717) is 12.1 Å². The second kappa shape index (κ2) is 4.74. The van der Waals surface area contributed by atoms with Crippen LogP contribution in [0.4, 0.5) is 0 Å². The van der Waals surface area contributed by atoms with Gasteiger partial charge in [-0.3, -0.25) is 4.90 Å². The summed E-state index contributed by atoms with van der Waals surface area (Å²) < 4.78 is 23.3. The van der Waals surface area contributed by atoms with Gasteiger partial charge in [-0.25, -0.2) is 8.42 Å². The molecule has 3 saturated heterocycles. The van der Waals surface area contributed by atoms with Crippen molar-refractivity contribution in [1.29, 1.82) is 0 Å². The molecule has 5 nitrogen and oxygen atoms in total. The van der Waals surface area contributed by atoms with E-state index in [-0.39, 0.29) is 17.5 Å². The molecule has 4 atom stereocenters. The average Bonchev–Trinajstić information content (AvgIpc) is 2.97. The summed E-state index contributed by atoms with van der Waals surface area (Å²) in [6, 6.07) is 0.730. The first kappa shape index (κ1) is 12.8. The third kappa shape index (κ3) is 2.31. The van der Waals surface area contributed by atoms with Gasteiger partial charge in [-0.15, -0.1) is 0 Å². The highest BCUT2D eigenvalue weighted by Gasteiger charge is 2.45. The molecule has 3 heterocycles. The first-order valence-electron chi connectivity index (χ1n) is 6.94. The van der Waals surface area contributed by atoms with Crippen LogP contribution < -0.4 is 5.32 Å². The lowest BCUT2D eigenvalue weighted by Gasteiger charge is -2.35. The molecule has 4 unspecified atom stereocenters. The SMILES string of the molecule is O=S1(=O)CC(O)C(N2CCCC2C2CCCN2)C1. The normalized spacial score (nSPS) is 44.7. The van der Waals surface area contributed by atoms with Crippen molar-refractivity contribution in [3.8, 4) is 0 Å². The van der Waals surface area contributed by atoms with E-state index in [4.69, 9.17) is 0 Å². The average molecular weight is 274 g/mol. The first-order chi connectivity index (χ1) is 8.57. The molecule has 0 aliphatic carbocycles. The first-order valence-corrected chi connectivity index (χ1v) is 8.76. The molecule has 0 bridgehead atoms. The van der Waals surface area contributed by atoms with Gasteiger partial charge in [0, 0.05) is 12.1 Å². The molecule has 0 saturated carbocycles. The van der Waals surface area contributed by atoms with Gasteiger partial charge in [0.15, 0.2) is 9.84 Å². The predicted molar refractivity (Wildman–Crippen MR) is 69.2 cm³/mol. The van der Waals surface area contributed by atoms with Gasteiger partial charge in [0.05, 0.1) is 23.7 Å². The van der Waals surface area contributed by atoms with Crippen LogP contribution in [-0.4, -0.2) is 67.2 Å². The fourth-order valence-corrected chi connectivity index (χ4v) is 5.64. The van der Waals surface area contributed by atoms with E-state index in [1.807, 2.05) is 0 Å². The molecule has 2 N–H and O–H groups in total. The third-order valence-corrected chi connectivity index (χ3v) is 6.32. The van der Waals surface area contributed by atoms with Crippen LogP contribution in [0.2, 0.25) is 0 Å². The molecular weight excluding hydrogens is 252 g/mol. The summed E-state index contributed by atoms with van der Waals surface area (Å²) >= 11 is 0. The maximum absolute atomic E-state index is 11.6. The standard InChI is InChI=1S/C12H22N2O3S/c15-12-8-18(16,17)7-11(12)14-6-2-4-10(14)9-3-1-5-13-9/h9-13,15H,1-8H2. The molecule has 0 aromatic heterocycles. The van der Waals surface area contributed by atoms with Crippen LogP contribution in [-0.2, 0) is 9.84 Å². The number of rotatable bonds is 2. The van der Waals surface area contributed by atoms with E-state index in [1.165, 1.54) is 12.8 Å². The maximum atomic E-state index is 11.6. The minimum absolute atomic E-state index is 0.0566. The quantitative estimate of drug-likeness (QED) is 0.701. The molecule has 0 spiro atoms. The number of nitrogens with zero attached hydrogens (tertiary/aromatic N) is 1. The monoisotopic (exact) mass is 274 g/mol. The van der Waals surface area contributed by atoms with Crippen molar-refractivity contribution in [2.24, 2.45) is 0 Å². The van der Waals surface area contributed by atoms with Crippen molar-refractivity contribution in [2.75, 3.05) is 24.6 Å². The summed E-state index contributed by atoms with van der Waals surface area (Å²) in [5.41, 5.74) is 0. The number of nitrogens with one attached hydrogen (secondary N) is 1. The van der Waals surface area contributed by atoms with Crippen LogP contribution in [0.15, 0.2) is 0 Å². The Labute approximate surface area is 108 Å². The Hall–Kier alpha value is -0.170. The number of aliphatic hydroxyl groups is 1. The lowest BCUT2D eigenvalue weighted by Crippen LogP contribution is -2.52. The lowest BCUT2D eigenvalue weighted by molar-refractivity contribution is 0.0658. The number of hydrogen-bond acceptors (Lipinski definition) is 5. The Morgan fingerprint density at radius 3 is 2.56 bits per heavy atom. The van der Waals surface area contributed by atoms with Crippen molar-refractivity contribution < 1.29 is 13.5 Å². The van der Waals surface area contributed by atoms with E-state index in [2.05, 4.69) is 10.2 Å². The van der Waals surface area contributed by atoms with Crippen LogP contribution in [0.3, 0.4) is 0 Å². The highest BCUT2D eigenvalue weighted by molar-refractivity contribution is 7.91. The Kier molecular flexibility index (Phi) is 3.38. The van der Waals surface area contributed by atoms with Crippen molar-refractivity contribution >= 4 is 9.84 Å². The van der Waals surface area contributed by atoms with Crippen molar-refractivity contribution in [1.82, 2.24) is 10.2 Å². The van der Waals surface area contributed by atoms with Gasteiger partial charge < -0.3 is 10.4 Å². The lowest BCUT2D eigenvalue weighted by atomic mass is 10.0. The summed E-state index contributed by atoms with van der Waals surface area (Å²) in [5, 5.41) is 13.5. The van der Waals surface area contributed by atoms with Crippen LogP contribution >= 0.6 is 0 Å². The molecular formula is C12H22N2O3S. The molecule has 104 valence electrons. The third-order valence-electron chi connectivity index (χ3n) is 4.62. The highest BCUT2D eigenvalue weighted by Crippen LogP contribution is 2.30. The number of likely N-dealkylation sites (tertiary alicyclic amines) is 1. The van der Waals surface area contributed by atoms with Gasteiger partial charge in [0.25, 0.3) is 0 Å². The fraction of sp³-hybridized carbons (Fsp3) is 1.00. The Morgan fingerprint density at radius 2 is 1.94 bits per heavy atom. The van der Waals surface area contributed by atoms with E-state index in [1.54, 1.807) is 0 Å². The minimum atomic E-state index is -3.04. The van der Waals surface area contributed by atoms with Gasteiger partial charge in [-0.1, -0.05) is 0 Å². The van der Waals surface area contributed by atoms with Crippen molar-refractivity contribution in [2.45, 2.75) is 49.9 Å². The molecule has 3 aliphatic heterocycles. The van der Waals surface area contributed by atoms with Gasteiger partial charge in [-0.2, -0.15) is 0 Å². The van der Waals surface area contributed by atoms with Crippen LogP contribution in [0.25, 0.3) is 0 Å². The summed E-state index contributed by atoms with van der Waals surface area (Å²) in [4.78, 5) is 2.26. The largest absolute Gasteiger partial charge is 0.390 e. The van der Waals surface area contributed by atoms with Gasteiger partial charge >= 0.3 is 0 Å². The zero-order valence-electron chi connectivity index (χ0n) is 10.6. The van der Waals surface area contributed by atoms with E-state index in [9.17, 15) is 13.5 Å². The summed E-state index contributed by atoms with van der Waals surface area (Å²) in [6.45, 7) is 2.00. The smallest absolute Gasteiger partial charge is 0.154 e. The number of hydrogen-bond donors (Lipinski definition) is 2. The van der Waals surface area contributed by atoms with Crippen LogP contribution in [0.5, 0.6) is 0 Å². The number of aliphatic hydroxyl groups excluding tert-OH is 1. The molecule has 0 radical (unpaired) electrons. The predicted octanol–water partition coefficient (Wildman–Crippen LogP) is -0.639. The molecule has 0 aromatic rings. The summed E-state index contributed by atoms with van der Waals surface area (Å²) in [5.74, 6) is 0.0797. The second-order valence-electron chi connectivity index (χ2n) is 5.86. The van der Waals surface area contributed by atoms with Crippen molar-refractivity contribution in [3.63, 3.8) is 0 Å². The summed E-state index contributed by atoms with van der Waals surface area (Å²) in [7, 11) is -3.04. The molecule has 0 aromatic carbocycles. The van der Waals surface area contributed by atoms with Gasteiger partial charge in [0.2, 0.25) is 0 Å². The Bertz CT molecular complexity index is 406. The fourth-order valence-electron chi connectivity index (χ4n) is 3.83. The van der Waals surface area contributed by atoms with E-state index < -0.39 is 15.9 Å². The maximum Gasteiger partial charge on any atom is 0.154 e. The topological polar surface area (TPSA) is 69.6 Å². The molecule has 0 amide bonds. The zero-order valence-corrected chi connectivity index (χ0v) is 11.4. The molecule has 3 fully saturated rings. The van der Waals surface area contributed by atoms with Gasteiger partial charge in [0.1, 0.15) is 0 Å². The summed E-state index contributed by atoms with van der Waals surface area (Å²) in [6.07, 6.45) is 3.93.